The van der Waals surface area contributed by atoms with Crippen LogP contribution in [0.1, 0.15) is 40.5 Å². The number of ether oxygens (including phenoxy) is 2. The lowest BCUT2D eigenvalue weighted by molar-refractivity contribution is -0.0588. The molecule has 0 saturated heterocycles. The van der Waals surface area contributed by atoms with Gasteiger partial charge < -0.3 is 9.47 Å². The van der Waals surface area contributed by atoms with E-state index in [1.165, 1.54) is 0 Å². The maximum absolute atomic E-state index is 5.74. The molecule has 0 aromatic heterocycles. The van der Waals surface area contributed by atoms with Crippen molar-refractivity contribution in [1.29, 1.82) is 0 Å². The predicted molar refractivity (Wildman–Crippen MR) is 61.1 cm³/mol. The second kappa shape index (κ2) is 5.94. The van der Waals surface area contributed by atoms with Gasteiger partial charge in [0.1, 0.15) is 0 Å². The Morgan fingerprint density at radius 1 is 1.00 bits per heavy atom. The SMILES string of the molecule is COC(C)(C)CCOC(C)(C)CCCl. The Hall–Kier alpha value is 0.210. The third kappa shape index (κ3) is 6.63. The van der Waals surface area contributed by atoms with Crippen LogP contribution >= 0.6 is 11.6 Å². The van der Waals surface area contributed by atoms with Crippen LogP contribution in [0.25, 0.3) is 0 Å². The van der Waals surface area contributed by atoms with Gasteiger partial charge in [-0.3, -0.25) is 0 Å². The van der Waals surface area contributed by atoms with Crippen LogP contribution in [0.4, 0.5) is 0 Å². The molecule has 0 fully saturated rings. The van der Waals surface area contributed by atoms with Crippen molar-refractivity contribution in [2.45, 2.75) is 51.7 Å². The standard InChI is InChI=1S/C11H23ClO2/c1-10(2,13-5)7-9-14-11(3,4)6-8-12/h6-9H2,1-5H3. The van der Waals surface area contributed by atoms with Crippen LogP contribution in [0.2, 0.25) is 0 Å². The van der Waals surface area contributed by atoms with Crippen molar-refractivity contribution in [3.63, 3.8) is 0 Å². The highest BCUT2D eigenvalue weighted by Gasteiger charge is 2.21. The highest BCUT2D eigenvalue weighted by atomic mass is 35.5. The fraction of sp³-hybridized carbons (Fsp3) is 1.00. The van der Waals surface area contributed by atoms with Crippen molar-refractivity contribution in [1.82, 2.24) is 0 Å². The monoisotopic (exact) mass is 222 g/mol. The molecular weight excluding hydrogens is 200 g/mol. The molecule has 86 valence electrons. The lowest BCUT2D eigenvalue weighted by Crippen LogP contribution is -2.30. The van der Waals surface area contributed by atoms with E-state index in [0.717, 1.165) is 12.8 Å². The Balaban J connectivity index is 3.73. The number of halogens is 1. The van der Waals surface area contributed by atoms with Gasteiger partial charge in [0.05, 0.1) is 17.8 Å². The first-order valence-corrected chi connectivity index (χ1v) is 5.61. The number of hydrogen-bond acceptors (Lipinski definition) is 2. The Kier molecular flexibility index (Phi) is 6.03. The minimum absolute atomic E-state index is 0.100. The molecular formula is C11H23ClO2. The first-order valence-electron chi connectivity index (χ1n) is 5.08. The van der Waals surface area contributed by atoms with Crippen molar-refractivity contribution in [3.05, 3.63) is 0 Å². The van der Waals surface area contributed by atoms with Crippen molar-refractivity contribution in [3.8, 4) is 0 Å². The van der Waals surface area contributed by atoms with Gasteiger partial charge in [-0.1, -0.05) is 0 Å². The molecule has 14 heavy (non-hydrogen) atoms. The third-order valence-electron chi connectivity index (χ3n) is 2.45. The Labute approximate surface area is 92.9 Å². The highest BCUT2D eigenvalue weighted by molar-refractivity contribution is 6.17. The van der Waals surface area contributed by atoms with Gasteiger partial charge in [-0.05, 0) is 40.5 Å². The fourth-order valence-corrected chi connectivity index (χ4v) is 1.43. The fourth-order valence-electron chi connectivity index (χ4n) is 0.975. The van der Waals surface area contributed by atoms with E-state index in [4.69, 9.17) is 21.1 Å². The molecule has 0 heterocycles. The quantitative estimate of drug-likeness (QED) is 0.616. The summed E-state index contributed by atoms with van der Waals surface area (Å²) in [4.78, 5) is 0. The van der Waals surface area contributed by atoms with Crippen LogP contribution in [-0.2, 0) is 9.47 Å². The molecule has 2 nitrogen and oxygen atoms in total. The summed E-state index contributed by atoms with van der Waals surface area (Å²) in [5, 5.41) is 0. The Morgan fingerprint density at radius 3 is 2.00 bits per heavy atom. The van der Waals surface area contributed by atoms with E-state index in [1.807, 2.05) is 0 Å². The summed E-state index contributed by atoms with van der Waals surface area (Å²) in [6.07, 6.45) is 1.77. The molecule has 0 aromatic carbocycles. The van der Waals surface area contributed by atoms with Crippen LogP contribution < -0.4 is 0 Å². The van der Waals surface area contributed by atoms with Crippen LogP contribution in [-0.4, -0.2) is 30.8 Å². The molecule has 0 rings (SSSR count). The summed E-state index contributed by atoms with van der Waals surface area (Å²) >= 11 is 5.68. The summed E-state index contributed by atoms with van der Waals surface area (Å²) in [5.41, 5.74) is -0.220. The maximum Gasteiger partial charge on any atom is 0.0644 e. The van der Waals surface area contributed by atoms with E-state index >= 15 is 0 Å². The number of hydrogen-bond donors (Lipinski definition) is 0. The van der Waals surface area contributed by atoms with Crippen LogP contribution in [0, 0.1) is 0 Å². The van der Waals surface area contributed by atoms with Gasteiger partial charge in [-0.15, -0.1) is 11.6 Å². The normalized spacial score (nSPS) is 13.3. The molecule has 0 saturated carbocycles. The van der Waals surface area contributed by atoms with Crippen LogP contribution in [0.3, 0.4) is 0 Å². The second-order valence-electron chi connectivity index (χ2n) is 4.76. The zero-order valence-electron chi connectivity index (χ0n) is 10.0. The van der Waals surface area contributed by atoms with E-state index < -0.39 is 0 Å². The average molecular weight is 223 g/mol. The summed E-state index contributed by atoms with van der Waals surface area (Å²) in [6.45, 7) is 8.96. The van der Waals surface area contributed by atoms with Crippen molar-refractivity contribution < 1.29 is 9.47 Å². The molecule has 0 atom stereocenters. The topological polar surface area (TPSA) is 18.5 Å². The van der Waals surface area contributed by atoms with Crippen LogP contribution in [0.5, 0.6) is 0 Å². The molecule has 0 aliphatic heterocycles. The molecule has 0 unspecified atom stereocenters. The Morgan fingerprint density at radius 2 is 1.57 bits per heavy atom. The molecule has 0 aromatic rings. The zero-order chi connectivity index (χ0) is 11.2. The minimum atomic E-state index is -0.119. The van der Waals surface area contributed by atoms with E-state index in [9.17, 15) is 0 Å². The van der Waals surface area contributed by atoms with E-state index in [2.05, 4.69) is 27.7 Å². The van der Waals surface area contributed by atoms with Gasteiger partial charge in [0.2, 0.25) is 0 Å². The van der Waals surface area contributed by atoms with Gasteiger partial charge in [-0.2, -0.15) is 0 Å². The second-order valence-corrected chi connectivity index (χ2v) is 5.14. The number of alkyl halides is 1. The smallest absolute Gasteiger partial charge is 0.0644 e. The maximum atomic E-state index is 5.74. The van der Waals surface area contributed by atoms with Crippen molar-refractivity contribution >= 4 is 11.6 Å². The lowest BCUT2D eigenvalue weighted by atomic mass is 10.0. The number of rotatable bonds is 7. The van der Waals surface area contributed by atoms with E-state index in [-0.39, 0.29) is 11.2 Å². The van der Waals surface area contributed by atoms with Crippen molar-refractivity contribution in [2.75, 3.05) is 19.6 Å². The summed E-state index contributed by atoms with van der Waals surface area (Å²) in [5.74, 6) is 0.640. The van der Waals surface area contributed by atoms with Gasteiger partial charge in [0.25, 0.3) is 0 Å². The molecule has 3 heteroatoms. The van der Waals surface area contributed by atoms with Gasteiger partial charge in [0.15, 0.2) is 0 Å². The molecule has 0 amide bonds. The van der Waals surface area contributed by atoms with Crippen LogP contribution in [0.15, 0.2) is 0 Å². The van der Waals surface area contributed by atoms with E-state index in [0.29, 0.717) is 12.5 Å². The molecule has 0 aliphatic carbocycles. The van der Waals surface area contributed by atoms with Gasteiger partial charge >= 0.3 is 0 Å². The number of methoxy groups -OCH3 is 1. The molecule has 0 N–H and O–H groups in total. The summed E-state index contributed by atoms with van der Waals surface area (Å²) < 4.78 is 11.0. The average Bonchev–Trinajstić information content (AvgIpc) is 2.03. The molecule has 0 bridgehead atoms. The van der Waals surface area contributed by atoms with E-state index in [1.54, 1.807) is 7.11 Å². The highest BCUT2D eigenvalue weighted by Crippen LogP contribution is 2.19. The third-order valence-corrected chi connectivity index (χ3v) is 2.64. The molecule has 0 aliphatic rings. The van der Waals surface area contributed by atoms with Crippen molar-refractivity contribution in [2.24, 2.45) is 0 Å². The largest absolute Gasteiger partial charge is 0.379 e. The lowest BCUT2D eigenvalue weighted by Gasteiger charge is -2.28. The minimum Gasteiger partial charge on any atom is -0.379 e. The van der Waals surface area contributed by atoms with Gasteiger partial charge in [-0.25, -0.2) is 0 Å². The first kappa shape index (κ1) is 14.2. The zero-order valence-corrected chi connectivity index (χ0v) is 10.8. The molecule has 0 spiro atoms. The predicted octanol–water partition coefficient (Wildman–Crippen LogP) is 3.23. The first-order chi connectivity index (χ1) is 6.33. The van der Waals surface area contributed by atoms with Gasteiger partial charge in [0, 0.05) is 13.0 Å². The Bertz CT molecular complexity index is 155. The summed E-state index contributed by atoms with van der Waals surface area (Å²) in [7, 11) is 1.73. The molecule has 0 radical (unpaired) electrons. The summed E-state index contributed by atoms with van der Waals surface area (Å²) in [6, 6.07) is 0.